The van der Waals surface area contributed by atoms with Crippen molar-refractivity contribution in [2.75, 3.05) is 30.4 Å². The average molecular weight is 309 g/mol. The van der Waals surface area contributed by atoms with E-state index in [-0.39, 0.29) is 0 Å². The van der Waals surface area contributed by atoms with Gasteiger partial charge in [-0.05, 0) is 50.6 Å². The predicted octanol–water partition coefficient (Wildman–Crippen LogP) is 2.89. The van der Waals surface area contributed by atoms with Gasteiger partial charge >= 0.3 is 0 Å². The van der Waals surface area contributed by atoms with E-state index in [4.69, 9.17) is 0 Å². The fourth-order valence-corrected chi connectivity index (χ4v) is 3.76. The first-order valence-electron chi connectivity index (χ1n) is 8.40. The van der Waals surface area contributed by atoms with E-state index >= 15 is 0 Å². The van der Waals surface area contributed by atoms with E-state index in [1.165, 1.54) is 24.9 Å². The Morgan fingerprint density at radius 1 is 1.00 bits per heavy atom. The largest absolute Gasteiger partial charge is 0.369 e. The molecule has 0 amide bonds. The van der Waals surface area contributed by atoms with Crippen LogP contribution in [0, 0.1) is 0 Å². The molecule has 1 N–H and O–H groups in total. The van der Waals surface area contributed by atoms with E-state index in [1.54, 1.807) is 6.20 Å². The first-order valence-corrected chi connectivity index (χ1v) is 8.40. The van der Waals surface area contributed by atoms with Crippen LogP contribution in [0.25, 0.3) is 0 Å². The minimum Gasteiger partial charge on any atom is -0.369 e. The zero-order valence-electron chi connectivity index (χ0n) is 13.5. The lowest BCUT2D eigenvalue weighted by atomic mass is 10.1. The fraction of sp³-hybridized carbons (Fsp3) is 0.444. The molecule has 5 heteroatoms. The molecule has 2 aromatic heterocycles. The predicted molar refractivity (Wildman–Crippen MR) is 93.2 cm³/mol. The number of nitrogens with zero attached hydrogens (tertiary/aromatic N) is 4. The van der Waals surface area contributed by atoms with Gasteiger partial charge in [-0.25, -0.2) is 9.97 Å². The molecule has 2 aliphatic heterocycles. The van der Waals surface area contributed by atoms with Crippen molar-refractivity contribution < 1.29 is 0 Å². The second-order valence-corrected chi connectivity index (χ2v) is 6.53. The summed E-state index contributed by atoms with van der Waals surface area (Å²) >= 11 is 0. The Balaban J connectivity index is 1.46. The summed E-state index contributed by atoms with van der Waals surface area (Å²) < 4.78 is 0. The first kappa shape index (κ1) is 14.5. The van der Waals surface area contributed by atoms with E-state index in [9.17, 15) is 0 Å². The molecule has 0 aromatic carbocycles. The van der Waals surface area contributed by atoms with Crippen LogP contribution in [0.2, 0.25) is 0 Å². The lowest BCUT2D eigenvalue weighted by molar-refractivity contribution is 0.254. The van der Waals surface area contributed by atoms with Gasteiger partial charge in [-0.3, -0.25) is 4.90 Å². The summed E-state index contributed by atoms with van der Waals surface area (Å²) in [5.74, 6) is 1.65. The van der Waals surface area contributed by atoms with Crippen LogP contribution in [-0.4, -0.2) is 47.1 Å². The molecule has 0 aliphatic carbocycles. The third kappa shape index (κ3) is 3.01. The van der Waals surface area contributed by atoms with E-state index in [1.807, 2.05) is 30.5 Å². The Kier molecular flexibility index (Phi) is 3.87. The summed E-state index contributed by atoms with van der Waals surface area (Å²) in [5.41, 5.74) is 1.22. The zero-order valence-corrected chi connectivity index (χ0v) is 13.5. The Hall–Kier alpha value is -2.14. The molecule has 23 heavy (non-hydrogen) atoms. The first-order chi connectivity index (χ1) is 11.3. The minimum atomic E-state index is 0.689. The second kappa shape index (κ2) is 6.16. The Morgan fingerprint density at radius 3 is 2.65 bits per heavy atom. The van der Waals surface area contributed by atoms with Crippen LogP contribution in [0.4, 0.5) is 17.3 Å². The normalized spacial score (nSPS) is 24.5. The molecule has 4 rings (SSSR count). The molecule has 0 radical (unpaired) electrons. The van der Waals surface area contributed by atoms with Gasteiger partial charge in [0.1, 0.15) is 11.6 Å². The highest BCUT2D eigenvalue weighted by molar-refractivity contribution is 5.55. The van der Waals surface area contributed by atoms with E-state index in [0.29, 0.717) is 6.04 Å². The smallest absolute Gasteiger partial charge is 0.131 e. The molecular weight excluding hydrogens is 286 g/mol. The zero-order chi connectivity index (χ0) is 15.6. The number of hydrogen-bond acceptors (Lipinski definition) is 5. The average Bonchev–Trinajstić information content (AvgIpc) is 2.82. The van der Waals surface area contributed by atoms with Gasteiger partial charge in [-0.2, -0.15) is 0 Å². The monoisotopic (exact) mass is 309 g/mol. The summed E-state index contributed by atoms with van der Waals surface area (Å²) in [6.07, 6.45) is 7.69. The summed E-state index contributed by atoms with van der Waals surface area (Å²) in [6, 6.07) is 11.5. The molecule has 2 aromatic rings. The highest BCUT2D eigenvalue weighted by atomic mass is 15.3. The maximum absolute atomic E-state index is 4.55. The maximum atomic E-state index is 4.55. The van der Waals surface area contributed by atoms with Gasteiger partial charge in [0, 0.05) is 31.4 Å². The lowest BCUT2D eigenvalue weighted by Gasteiger charge is -2.27. The third-order valence-corrected chi connectivity index (χ3v) is 5.18. The number of rotatable bonds is 3. The number of nitrogens with one attached hydrogen (secondary N) is 1. The van der Waals surface area contributed by atoms with Crippen molar-refractivity contribution >= 4 is 17.3 Å². The SMILES string of the molecule is CN1C2CCC1CN(c1ccc(Nc3ccccn3)nc1)CC2. The van der Waals surface area contributed by atoms with Gasteiger partial charge in [0.15, 0.2) is 0 Å². The van der Waals surface area contributed by atoms with Crippen LogP contribution in [0.15, 0.2) is 42.7 Å². The summed E-state index contributed by atoms with van der Waals surface area (Å²) in [7, 11) is 2.28. The standard InChI is InChI=1S/C18H23N5/c1-22-14-5-6-16(22)13-23(11-9-14)15-7-8-18(20-12-15)21-17-4-2-3-10-19-17/h2-4,7-8,10,12,14,16H,5-6,9,11,13H2,1H3,(H,19,20,21). The van der Waals surface area contributed by atoms with Gasteiger partial charge in [0.05, 0.1) is 11.9 Å². The Labute approximate surface area is 137 Å². The molecule has 2 unspecified atom stereocenters. The molecule has 2 aliphatic rings. The van der Waals surface area contributed by atoms with Crippen LogP contribution < -0.4 is 10.2 Å². The Bertz CT molecular complexity index is 642. The lowest BCUT2D eigenvalue weighted by Crippen LogP contribution is -2.36. The minimum absolute atomic E-state index is 0.689. The van der Waals surface area contributed by atoms with Crippen LogP contribution in [0.3, 0.4) is 0 Å². The number of likely N-dealkylation sites (N-methyl/N-ethyl adjacent to an activating group) is 1. The molecule has 2 bridgehead atoms. The molecule has 2 fully saturated rings. The van der Waals surface area contributed by atoms with Crippen LogP contribution in [-0.2, 0) is 0 Å². The molecular formula is C18H23N5. The number of hydrogen-bond donors (Lipinski definition) is 1. The molecule has 4 heterocycles. The molecule has 120 valence electrons. The summed E-state index contributed by atoms with van der Waals surface area (Å²) in [5, 5.41) is 3.23. The molecule has 2 saturated heterocycles. The van der Waals surface area contributed by atoms with Crippen molar-refractivity contribution in [3.63, 3.8) is 0 Å². The van der Waals surface area contributed by atoms with Crippen molar-refractivity contribution in [1.29, 1.82) is 0 Å². The number of fused-ring (bicyclic) bond motifs is 2. The summed E-state index contributed by atoms with van der Waals surface area (Å²) in [6.45, 7) is 2.24. The summed E-state index contributed by atoms with van der Waals surface area (Å²) in [4.78, 5) is 13.9. The van der Waals surface area contributed by atoms with Crippen molar-refractivity contribution in [2.45, 2.75) is 31.3 Å². The highest BCUT2D eigenvalue weighted by Crippen LogP contribution is 2.30. The number of aromatic nitrogens is 2. The molecule has 5 nitrogen and oxygen atoms in total. The number of anilines is 3. The van der Waals surface area contributed by atoms with Gasteiger partial charge in [-0.15, -0.1) is 0 Å². The van der Waals surface area contributed by atoms with Gasteiger partial charge in [0.2, 0.25) is 0 Å². The molecule has 0 saturated carbocycles. The molecule has 0 spiro atoms. The second-order valence-electron chi connectivity index (χ2n) is 6.53. The van der Waals surface area contributed by atoms with E-state index in [2.05, 4.69) is 38.2 Å². The van der Waals surface area contributed by atoms with Crippen molar-refractivity contribution in [2.24, 2.45) is 0 Å². The van der Waals surface area contributed by atoms with E-state index in [0.717, 1.165) is 30.8 Å². The van der Waals surface area contributed by atoms with Crippen LogP contribution in [0.1, 0.15) is 19.3 Å². The van der Waals surface area contributed by atoms with E-state index < -0.39 is 0 Å². The third-order valence-electron chi connectivity index (χ3n) is 5.18. The fourth-order valence-electron chi connectivity index (χ4n) is 3.76. The van der Waals surface area contributed by atoms with Crippen LogP contribution in [0.5, 0.6) is 0 Å². The van der Waals surface area contributed by atoms with Crippen molar-refractivity contribution in [3.8, 4) is 0 Å². The maximum Gasteiger partial charge on any atom is 0.131 e. The Morgan fingerprint density at radius 2 is 1.87 bits per heavy atom. The quantitative estimate of drug-likeness (QED) is 0.944. The van der Waals surface area contributed by atoms with Gasteiger partial charge in [0.25, 0.3) is 0 Å². The van der Waals surface area contributed by atoms with Crippen molar-refractivity contribution in [1.82, 2.24) is 14.9 Å². The van der Waals surface area contributed by atoms with Gasteiger partial charge < -0.3 is 10.2 Å². The highest BCUT2D eigenvalue weighted by Gasteiger charge is 2.34. The van der Waals surface area contributed by atoms with Crippen molar-refractivity contribution in [3.05, 3.63) is 42.7 Å². The van der Waals surface area contributed by atoms with Gasteiger partial charge in [-0.1, -0.05) is 6.07 Å². The number of pyridine rings is 2. The topological polar surface area (TPSA) is 44.3 Å². The molecule has 2 atom stereocenters. The van der Waals surface area contributed by atoms with Crippen LogP contribution >= 0.6 is 0 Å².